The summed E-state index contributed by atoms with van der Waals surface area (Å²) in [5.74, 6) is 0.681. The summed E-state index contributed by atoms with van der Waals surface area (Å²) in [5, 5.41) is 5.99. The lowest BCUT2D eigenvalue weighted by Gasteiger charge is -2.52. The number of carbonyl (C=O) groups excluding carboxylic acids is 4. The Bertz CT molecular complexity index is 4240. The van der Waals surface area contributed by atoms with Crippen molar-refractivity contribution in [2.75, 3.05) is 24.3 Å². The number of rotatable bonds is 6. The smallest absolute Gasteiger partial charge is 0.261 e. The third kappa shape index (κ3) is 6.93. The second kappa shape index (κ2) is 18.6. The molecule has 0 saturated heterocycles. The molecule has 0 spiro atoms. The Hall–Kier alpha value is -9.97. The molecular formula is C69H49N5O5S. The first kappa shape index (κ1) is 48.4. The molecule has 0 bridgehead atoms. The summed E-state index contributed by atoms with van der Waals surface area (Å²) in [5.41, 5.74) is 12.9. The van der Waals surface area contributed by atoms with E-state index < -0.39 is 11.1 Å². The van der Waals surface area contributed by atoms with Crippen LogP contribution in [-0.4, -0.2) is 52.6 Å². The van der Waals surface area contributed by atoms with Crippen LogP contribution in [0.5, 0.6) is 11.5 Å². The molecule has 0 aliphatic carbocycles. The van der Waals surface area contributed by atoms with Gasteiger partial charge in [-0.25, -0.2) is 0 Å². The van der Waals surface area contributed by atoms with E-state index in [2.05, 4.69) is 166 Å². The van der Waals surface area contributed by atoms with Crippen molar-refractivity contribution in [2.24, 2.45) is 0 Å². The largest absolute Gasteiger partial charge is 0.457 e. The van der Waals surface area contributed by atoms with Crippen molar-refractivity contribution in [2.45, 2.75) is 27.8 Å². The molecule has 10 nitrogen and oxygen atoms in total. The zero-order valence-corrected chi connectivity index (χ0v) is 44.6. The van der Waals surface area contributed by atoms with Gasteiger partial charge in [-0.05, 0) is 102 Å². The Morgan fingerprint density at radius 2 is 1.01 bits per heavy atom. The standard InChI is InChI=1S/C35H26N2O3.C34H23N3O2S/c1-23-21-24(19-20-25(23)34(39)36(2)22-38)35(28-13-5-9-17-32(28)40-33-18-10-6-14-29(33)35)37-30-15-7-3-11-26(30)27-12-4-8-16-31(27)37;1-36-32(38)22-19-18-21(20-23(22)33(36)39)34(24-10-2-4-12-26(24)35-27-13-5-3-11-25(27)34)37-28-14-6-8-16-30(28)40-31-17-9-7-15-29(31)37/h3-22H,1-2H3;2-20,35H,1H3. The van der Waals surface area contributed by atoms with Gasteiger partial charge in [0.25, 0.3) is 17.7 Å². The van der Waals surface area contributed by atoms with E-state index in [0.717, 1.165) is 110 Å². The van der Waals surface area contributed by atoms with Crippen LogP contribution in [0.2, 0.25) is 0 Å². The van der Waals surface area contributed by atoms with Crippen LogP contribution in [0.3, 0.4) is 0 Å². The third-order valence-corrected chi connectivity index (χ3v) is 17.4. The van der Waals surface area contributed by atoms with Gasteiger partial charge in [0.2, 0.25) is 6.41 Å². The average Bonchev–Trinajstić information content (AvgIpc) is 2.25. The molecule has 386 valence electrons. The van der Waals surface area contributed by atoms with Crippen LogP contribution >= 0.6 is 11.8 Å². The van der Waals surface area contributed by atoms with Gasteiger partial charge < -0.3 is 19.5 Å². The fourth-order valence-corrected chi connectivity index (χ4v) is 13.8. The van der Waals surface area contributed by atoms with Crippen LogP contribution in [0.15, 0.2) is 240 Å². The highest BCUT2D eigenvalue weighted by Crippen LogP contribution is 2.61. The second-order valence-corrected chi connectivity index (χ2v) is 21.5. The van der Waals surface area contributed by atoms with E-state index in [4.69, 9.17) is 4.74 Å². The maximum absolute atomic E-state index is 13.3. The fraction of sp³-hybridized carbons (Fsp3) is 0.0725. The number of imide groups is 2. The summed E-state index contributed by atoms with van der Waals surface area (Å²) in [6.45, 7) is 1.92. The molecule has 4 aliphatic rings. The zero-order valence-electron chi connectivity index (χ0n) is 43.8. The predicted octanol–water partition coefficient (Wildman–Crippen LogP) is 14.8. The van der Waals surface area contributed by atoms with Crippen molar-refractivity contribution < 1.29 is 23.9 Å². The quantitative estimate of drug-likeness (QED) is 0.130. The first-order chi connectivity index (χ1) is 39.1. The number of anilines is 4. The van der Waals surface area contributed by atoms with Crippen LogP contribution in [-0.2, 0) is 15.9 Å². The number of aromatic nitrogens is 1. The van der Waals surface area contributed by atoms with Crippen molar-refractivity contribution in [3.8, 4) is 11.5 Å². The number of nitrogens with one attached hydrogen (secondary N) is 1. The number of para-hydroxylation sites is 8. The molecule has 1 aromatic heterocycles. The van der Waals surface area contributed by atoms with Crippen molar-refractivity contribution in [3.05, 3.63) is 286 Å². The molecule has 4 amide bonds. The van der Waals surface area contributed by atoms with Crippen molar-refractivity contribution in [1.82, 2.24) is 14.4 Å². The molecule has 4 aliphatic heterocycles. The van der Waals surface area contributed by atoms with Crippen LogP contribution in [0, 0.1) is 6.92 Å². The normalized spacial score (nSPS) is 14.6. The van der Waals surface area contributed by atoms with Gasteiger partial charge in [0.1, 0.15) is 22.6 Å². The summed E-state index contributed by atoms with van der Waals surface area (Å²) in [6, 6.07) is 78.7. The van der Waals surface area contributed by atoms with E-state index in [1.807, 2.05) is 85.8 Å². The molecule has 80 heavy (non-hydrogen) atoms. The van der Waals surface area contributed by atoms with Gasteiger partial charge in [-0.15, -0.1) is 0 Å². The van der Waals surface area contributed by atoms with Crippen LogP contribution in [0.4, 0.5) is 22.7 Å². The molecular weight excluding hydrogens is 1010 g/mol. The predicted molar refractivity (Wildman–Crippen MR) is 315 cm³/mol. The molecule has 0 fully saturated rings. The highest BCUT2D eigenvalue weighted by Gasteiger charge is 2.52. The molecule has 0 atom stereocenters. The monoisotopic (exact) mass is 1060 g/mol. The lowest BCUT2D eigenvalue weighted by molar-refractivity contribution is -0.115. The second-order valence-electron chi connectivity index (χ2n) is 20.5. The van der Waals surface area contributed by atoms with Crippen molar-refractivity contribution in [1.29, 1.82) is 0 Å². The minimum absolute atomic E-state index is 0.267. The van der Waals surface area contributed by atoms with Gasteiger partial charge >= 0.3 is 0 Å². The van der Waals surface area contributed by atoms with E-state index in [-0.39, 0.29) is 17.7 Å². The molecule has 15 rings (SSSR count). The number of aryl methyl sites for hydroxylation is 1. The highest BCUT2D eigenvalue weighted by atomic mass is 32.2. The SMILES string of the molecule is CN1C(=O)c2ccc(C3(N4c5ccccc5Sc5ccccc54)c4ccccc4Nc4ccccc43)cc2C1=O.Cc1cc(C2(n3c4ccccc4c4ccccc43)c3ccccc3Oc3ccccc32)ccc1C(=O)N(C)C=O. The number of hydrogen-bond acceptors (Lipinski definition) is 8. The van der Waals surface area contributed by atoms with Crippen molar-refractivity contribution in [3.63, 3.8) is 0 Å². The van der Waals surface area contributed by atoms with Crippen molar-refractivity contribution >= 4 is 80.4 Å². The number of nitrogens with zero attached hydrogens (tertiary/aromatic N) is 4. The van der Waals surface area contributed by atoms with E-state index in [1.165, 1.54) is 11.9 Å². The number of amides is 4. The molecule has 0 saturated carbocycles. The lowest BCUT2D eigenvalue weighted by atomic mass is 9.71. The van der Waals surface area contributed by atoms with Crippen LogP contribution in [0.1, 0.15) is 70.0 Å². The number of fused-ring (bicyclic) bond motifs is 10. The van der Waals surface area contributed by atoms with Gasteiger partial charge in [-0.3, -0.25) is 29.0 Å². The fourth-order valence-electron chi connectivity index (χ4n) is 12.7. The van der Waals surface area contributed by atoms with Gasteiger partial charge in [-0.2, -0.15) is 0 Å². The summed E-state index contributed by atoms with van der Waals surface area (Å²) in [7, 11) is 3.02. The lowest BCUT2D eigenvalue weighted by Crippen LogP contribution is -2.49. The minimum atomic E-state index is -0.856. The number of benzene rings is 10. The van der Waals surface area contributed by atoms with Gasteiger partial charge in [-0.1, -0.05) is 163 Å². The number of carbonyl (C=O) groups is 4. The van der Waals surface area contributed by atoms with Gasteiger partial charge in [0.15, 0.2) is 0 Å². The van der Waals surface area contributed by atoms with Gasteiger partial charge in [0.05, 0.1) is 33.5 Å². The summed E-state index contributed by atoms with van der Waals surface area (Å²) >= 11 is 1.77. The molecule has 0 radical (unpaired) electrons. The first-order valence-corrected chi connectivity index (χ1v) is 27.2. The molecule has 5 heterocycles. The van der Waals surface area contributed by atoms with E-state index >= 15 is 0 Å². The maximum Gasteiger partial charge on any atom is 0.261 e. The average molecular weight is 1060 g/mol. The third-order valence-electron chi connectivity index (χ3n) is 16.2. The molecule has 11 aromatic rings. The maximum atomic E-state index is 13.3. The first-order valence-electron chi connectivity index (χ1n) is 26.4. The van der Waals surface area contributed by atoms with Gasteiger partial charge in [0, 0.05) is 73.9 Å². The minimum Gasteiger partial charge on any atom is -0.457 e. The van der Waals surface area contributed by atoms with E-state index in [9.17, 15) is 19.2 Å². The Labute approximate surface area is 466 Å². The van der Waals surface area contributed by atoms with Crippen LogP contribution < -0.4 is 15.0 Å². The Balaban J connectivity index is 0.000000144. The molecule has 11 heteroatoms. The Kier molecular flexibility index (Phi) is 11.3. The number of hydrogen-bond donors (Lipinski definition) is 1. The Morgan fingerprint density at radius 1 is 0.537 bits per heavy atom. The number of ether oxygens (including phenoxy) is 1. The molecule has 0 unspecified atom stereocenters. The highest BCUT2D eigenvalue weighted by molar-refractivity contribution is 7.99. The summed E-state index contributed by atoms with van der Waals surface area (Å²) in [6.07, 6.45) is 0.542. The molecule has 1 N–H and O–H groups in total. The van der Waals surface area contributed by atoms with E-state index in [1.54, 1.807) is 18.8 Å². The molecule has 10 aromatic carbocycles. The Morgan fingerprint density at radius 3 is 1.59 bits per heavy atom. The zero-order chi connectivity index (χ0) is 54.4. The van der Waals surface area contributed by atoms with E-state index in [0.29, 0.717) is 23.1 Å². The van der Waals surface area contributed by atoms with Crippen LogP contribution in [0.25, 0.3) is 21.8 Å². The summed E-state index contributed by atoms with van der Waals surface area (Å²) < 4.78 is 8.92. The topological polar surface area (TPSA) is 104 Å². The summed E-state index contributed by atoms with van der Waals surface area (Å²) in [4.78, 5) is 57.6.